The molecule has 0 aromatic heterocycles. The molecular formula is C16H28O11. The second kappa shape index (κ2) is 9.07. The summed E-state index contributed by atoms with van der Waals surface area (Å²) in [6, 6.07) is 0. The minimum absolute atomic E-state index is 0.248. The van der Waals surface area contributed by atoms with Crippen molar-refractivity contribution in [3.63, 3.8) is 0 Å². The van der Waals surface area contributed by atoms with E-state index in [-0.39, 0.29) is 13.2 Å². The summed E-state index contributed by atoms with van der Waals surface area (Å²) in [6.07, 6.45) is -9.74. The molecule has 2 heterocycles. The minimum atomic E-state index is -1.42. The fourth-order valence-electron chi connectivity index (χ4n) is 3.03. The standard InChI is InChI=1S/C16H28O11/c1-7(18)25-14-11(22)9(20)5-23-15(14)24-6-10(21)13-12(8(19)4-17)26-16(2,3)27-13/h8-15,17,19-22H,4-6H2,1-3H3/t8-,9-,10-,11-,12-,13-,14+,15-/m1/s1. The fourth-order valence-corrected chi connectivity index (χ4v) is 3.03. The molecule has 0 spiro atoms. The largest absolute Gasteiger partial charge is 0.454 e. The molecule has 158 valence electrons. The van der Waals surface area contributed by atoms with Gasteiger partial charge in [-0.1, -0.05) is 0 Å². The van der Waals surface area contributed by atoms with E-state index < -0.39 is 67.4 Å². The predicted octanol–water partition coefficient (Wildman–Crippen LogP) is -2.75. The fraction of sp³-hybridized carbons (Fsp3) is 0.938. The third kappa shape index (κ3) is 5.56. The lowest BCUT2D eigenvalue weighted by Gasteiger charge is -2.37. The first kappa shape index (κ1) is 22.4. The van der Waals surface area contributed by atoms with Gasteiger partial charge in [0.05, 0.1) is 19.8 Å². The summed E-state index contributed by atoms with van der Waals surface area (Å²) in [5, 5.41) is 49.1. The van der Waals surface area contributed by atoms with Gasteiger partial charge in [-0.3, -0.25) is 4.79 Å². The van der Waals surface area contributed by atoms with Crippen LogP contribution in [0.1, 0.15) is 20.8 Å². The maximum atomic E-state index is 11.2. The van der Waals surface area contributed by atoms with Crippen molar-refractivity contribution in [3.8, 4) is 0 Å². The van der Waals surface area contributed by atoms with Crippen LogP contribution < -0.4 is 0 Å². The summed E-state index contributed by atoms with van der Waals surface area (Å²) in [5.41, 5.74) is 0. The molecule has 0 radical (unpaired) electrons. The Morgan fingerprint density at radius 2 is 1.78 bits per heavy atom. The van der Waals surface area contributed by atoms with Crippen LogP contribution in [0, 0.1) is 0 Å². The summed E-state index contributed by atoms with van der Waals surface area (Å²) in [7, 11) is 0. The number of carbonyl (C=O) groups excluding carboxylic acids is 1. The van der Waals surface area contributed by atoms with Crippen LogP contribution in [0.3, 0.4) is 0 Å². The minimum Gasteiger partial charge on any atom is -0.454 e. The van der Waals surface area contributed by atoms with Crippen molar-refractivity contribution < 1.29 is 54.0 Å². The van der Waals surface area contributed by atoms with Crippen LogP contribution in [-0.4, -0.2) is 106 Å². The van der Waals surface area contributed by atoms with Crippen LogP contribution in [0.2, 0.25) is 0 Å². The van der Waals surface area contributed by atoms with Crippen LogP contribution in [0.4, 0.5) is 0 Å². The molecular weight excluding hydrogens is 368 g/mol. The van der Waals surface area contributed by atoms with Crippen molar-refractivity contribution in [2.24, 2.45) is 0 Å². The molecule has 2 fully saturated rings. The molecule has 0 unspecified atom stereocenters. The second-order valence-corrected chi connectivity index (χ2v) is 7.05. The van der Waals surface area contributed by atoms with Gasteiger partial charge in [-0.25, -0.2) is 0 Å². The molecule has 2 aliphatic heterocycles. The summed E-state index contributed by atoms with van der Waals surface area (Å²) >= 11 is 0. The molecule has 11 heteroatoms. The van der Waals surface area contributed by atoms with Gasteiger partial charge in [0.2, 0.25) is 0 Å². The zero-order valence-electron chi connectivity index (χ0n) is 15.4. The van der Waals surface area contributed by atoms with E-state index in [1.807, 2.05) is 0 Å². The topological polar surface area (TPSA) is 164 Å². The molecule has 0 saturated carbocycles. The molecule has 0 aromatic rings. The summed E-state index contributed by atoms with van der Waals surface area (Å²) in [6.45, 7) is 3.11. The third-order valence-electron chi connectivity index (χ3n) is 4.27. The molecule has 8 atom stereocenters. The molecule has 0 amide bonds. The average molecular weight is 396 g/mol. The molecule has 11 nitrogen and oxygen atoms in total. The zero-order chi connectivity index (χ0) is 20.4. The Balaban J connectivity index is 2.00. The van der Waals surface area contributed by atoms with Crippen molar-refractivity contribution >= 4 is 5.97 Å². The zero-order valence-corrected chi connectivity index (χ0v) is 15.4. The Morgan fingerprint density at radius 3 is 2.33 bits per heavy atom. The number of esters is 1. The van der Waals surface area contributed by atoms with Gasteiger partial charge >= 0.3 is 5.97 Å². The van der Waals surface area contributed by atoms with Crippen molar-refractivity contribution in [1.82, 2.24) is 0 Å². The monoisotopic (exact) mass is 396 g/mol. The Bertz CT molecular complexity index is 499. The highest BCUT2D eigenvalue weighted by Gasteiger charge is 2.48. The first-order chi connectivity index (χ1) is 12.6. The van der Waals surface area contributed by atoms with Crippen LogP contribution in [0.15, 0.2) is 0 Å². The van der Waals surface area contributed by atoms with E-state index in [0.29, 0.717) is 0 Å². The molecule has 2 rings (SSSR count). The Kier molecular flexibility index (Phi) is 7.53. The SMILES string of the molecule is CC(=O)O[C@@H]1[C@@H](OC[C@@H](O)[C@H]2OC(C)(C)O[C@@H]2[C@H](O)CO)OC[C@@H](O)[C@H]1O. The number of hydrogen-bond acceptors (Lipinski definition) is 11. The predicted molar refractivity (Wildman–Crippen MR) is 86.2 cm³/mol. The summed E-state index contributed by atoms with van der Waals surface area (Å²) in [4.78, 5) is 11.2. The lowest BCUT2D eigenvalue weighted by Crippen LogP contribution is -2.56. The number of hydrogen-bond donors (Lipinski definition) is 5. The van der Waals surface area contributed by atoms with Crippen LogP contribution in [0.5, 0.6) is 0 Å². The average Bonchev–Trinajstić information content (AvgIpc) is 2.92. The number of aliphatic hydroxyl groups is 5. The van der Waals surface area contributed by atoms with Crippen LogP contribution in [-0.2, 0) is 28.5 Å². The van der Waals surface area contributed by atoms with E-state index in [4.69, 9.17) is 28.8 Å². The number of aliphatic hydroxyl groups excluding tert-OH is 5. The van der Waals surface area contributed by atoms with E-state index >= 15 is 0 Å². The van der Waals surface area contributed by atoms with Crippen molar-refractivity contribution in [2.45, 2.75) is 75.6 Å². The Labute approximate surface area is 156 Å². The molecule has 2 saturated heterocycles. The number of rotatable bonds is 7. The van der Waals surface area contributed by atoms with Gasteiger partial charge in [0.15, 0.2) is 18.2 Å². The maximum absolute atomic E-state index is 11.2. The molecule has 5 N–H and O–H groups in total. The highest BCUT2D eigenvalue weighted by molar-refractivity contribution is 5.66. The Morgan fingerprint density at radius 1 is 1.19 bits per heavy atom. The Hall–Kier alpha value is -0.890. The summed E-state index contributed by atoms with van der Waals surface area (Å²) < 4.78 is 26.7. The van der Waals surface area contributed by atoms with Crippen molar-refractivity contribution in [3.05, 3.63) is 0 Å². The van der Waals surface area contributed by atoms with Gasteiger partial charge in [-0.2, -0.15) is 0 Å². The van der Waals surface area contributed by atoms with Gasteiger partial charge in [0, 0.05) is 6.92 Å². The van der Waals surface area contributed by atoms with Crippen LogP contribution >= 0.6 is 0 Å². The van der Waals surface area contributed by atoms with E-state index in [0.717, 1.165) is 6.92 Å². The van der Waals surface area contributed by atoms with Gasteiger partial charge in [-0.05, 0) is 13.8 Å². The number of carbonyl (C=O) groups is 1. The molecule has 0 aliphatic carbocycles. The molecule has 27 heavy (non-hydrogen) atoms. The number of ether oxygens (including phenoxy) is 5. The second-order valence-electron chi connectivity index (χ2n) is 7.05. The molecule has 2 aliphatic rings. The first-order valence-electron chi connectivity index (χ1n) is 8.65. The summed E-state index contributed by atoms with van der Waals surface area (Å²) in [5.74, 6) is -1.79. The first-order valence-corrected chi connectivity index (χ1v) is 8.65. The lowest BCUT2D eigenvalue weighted by molar-refractivity contribution is -0.281. The van der Waals surface area contributed by atoms with E-state index in [9.17, 15) is 25.2 Å². The quantitative estimate of drug-likeness (QED) is 0.283. The van der Waals surface area contributed by atoms with Gasteiger partial charge < -0.3 is 49.2 Å². The lowest BCUT2D eigenvalue weighted by atomic mass is 10.0. The molecule has 0 aromatic carbocycles. The molecule has 0 bridgehead atoms. The maximum Gasteiger partial charge on any atom is 0.303 e. The van der Waals surface area contributed by atoms with E-state index in [1.165, 1.54) is 0 Å². The smallest absolute Gasteiger partial charge is 0.303 e. The van der Waals surface area contributed by atoms with E-state index in [1.54, 1.807) is 13.8 Å². The highest BCUT2D eigenvalue weighted by atomic mass is 16.8. The third-order valence-corrected chi connectivity index (χ3v) is 4.27. The van der Waals surface area contributed by atoms with E-state index in [2.05, 4.69) is 0 Å². The van der Waals surface area contributed by atoms with Gasteiger partial charge in [0.1, 0.15) is 36.6 Å². The normalized spacial score (nSPS) is 38.4. The van der Waals surface area contributed by atoms with Crippen LogP contribution in [0.25, 0.3) is 0 Å². The van der Waals surface area contributed by atoms with Gasteiger partial charge in [0.25, 0.3) is 0 Å². The van der Waals surface area contributed by atoms with Crippen molar-refractivity contribution in [2.75, 3.05) is 19.8 Å². The van der Waals surface area contributed by atoms with Crippen molar-refractivity contribution in [1.29, 1.82) is 0 Å². The van der Waals surface area contributed by atoms with Gasteiger partial charge in [-0.15, -0.1) is 0 Å². The highest BCUT2D eigenvalue weighted by Crippen LogP contribution is 2.32.